The van der Waals surface area contributed by atoms with E-state index in [2.05, 4.69) is 32.1 Å². The van der Waals surface area contributed by atoms with Crippen molar-refractivity contribution in [2.75, 3.05) is 5.32 Å². The maximum atomic E-state index is 13.3. The minimum atomic E-state index is -0.625. The van der Waals surface area contributed by atoms with Gasteiger partial charge < -0.3 is 5.32 Å². The first-order chi connectivity index (χ1) is 16.5. The molecule has 1 amide bonds. The van der Waals surface area contributed by atoms with Gasteiger partial charge in [0.05, 0.1) is 10.9 Å². The summed E-state index contributed by atoms with van der Waals surface area (Å²) in [6, 6.07) is 14.3. The van der Waals surface area contributed by atoms with Gasteiger partial charge in [-0.2, -0.15) is 0 Å². The summed E-state index contributed by atoms with van der Waals surface area (Å²) >= 11 is 0. The van der Waals surface area contributed by atoms with Gasteiger partial charge in [0.2, 0.25) is 0 Å². The van der Waals surface area contributed by atoms with Crippen LogP contribution in [-0.4, -0.2) is 25.4 Å². The standard InChI is InChI=1S/C26H21N5O3/c1-2-31-23-22(25(33)30-26(31)34)20(15-21(29-23)17-10-11-17)24(32)28-19-8-5-6-16(14-19)9-12-18-7-3-4-13-27-18/h3-8,13-15,17H,2,10-11H2,1H3,(H,28,32)(H,30,33,34). The van der Waals surface area contributed by atoms with Gasteiger partial charge in [-0.1, -0.05) is 18.1 Å². The van der Waals surface area contributed by atoms with Gasteiger partial charge >= 0.3 is 5.69 Å². The number of pyridine rings is 2. The van der Waals surface area contributed by atoms with E-state index in [1.165, 1.54) is 4.57 Å². The molecule has 8 nitrogen and oxygen atoms in total. The molecule has 1 aromatic carbocycles. The molecule has 1 saturated carbocycles. The van der Waals surface area contributed by atoms with Crippen molar-refractivity contribution in [2.24, 2.45) is 0 Å². The van der Waals surface area contributed by atoms with Gasteiger partial charge in [-0.05, 0) is 62.1 Å². The van der Waals surface area contributed by atoms with Gasteiger partial charge in [-0.15, -0.1) is 0 Å². The van der Waals surface area contributed by atoms with Crippen LogP contribution in [0.15, 0.2) is 64.3 Å². The van der Waals surface area contributed by atoms with Crippen molar-refractivity contribution < 1.29 is 4.79 Å². The molecule has 0 bridgehead atoms. The van der Waals surface area contributed by atoms with E-state index in [0.717, 1.165) is 18.5 Å². The number of rotatable bonds is 4. The summed E-state index contributed by atoms with van der Waals surface area (Å²) < 4.78 is 1.38. The van der Waals surface area contributed by atoms with E-state index in [1.54, 1.807) is 37.4 Å². The number of hydrogen-bond donors (Lipinski definition) is 2. The fraction of sp³-hybridized carbons (Fsp3) is 0.192. The molecule has 0 saturated heterocycles. The van der Waals surface area contributed by atoms with Crippen molar-refractivity contribution in [3.8, 4) is 11.8 Å². The number of aromatic nitrogens is 4. The first-order valence-electron chi connectivity index (χ1n) is 11.1. The highest BCUT2D eigenvalue weighted by molar-refractivity contribution is 6.12. The van der Waals surface area contributed by atoms with E-state index in [4.69, 9.17) is 0 Å². The van der Waals surface area contributed by atoms with Crippen LogP contribution in [0.2, 0.25) is 0 Å². The molecule has 0 unspecified atom stereocenters. The van der Waals surface area contributed by atoms with Gasteiger partial charge in [0.1, 0.15) is 5.69 Å². The molecule has 3 heterocycles. The zero-order valence-electron chi connectivity index (χ0n) is 18.5. The Morgan fingerprint density at radius 2 is 2.00 bits per heavy atom. The number of nitrogens with zero attached hydrogens (tertiary/aromatic N) is 3. The topological polar surface area (TPSA) is 110 Å². The summed E-state index contributed by atoms with van der Waals surface area (Å²) in [6.45, 7) is 2.12. The van der Waals surface area contributed by atoms with Crippen molar-refractivity contribution in [2.45, 2.75) is 32.2 Å². The lowest BCUT2D eigenvalue weighted by Crippen LogP contribution is -2.32. The van der Waals surface area contributed by atoms with Crippen LogP contribution >= 0.6 is 0 Å². The Balaban J connectivity index is 1.53. The summed E-state index contributed by atoms with van der Waals surface area (Å²) in [5.41, 5.74) is 1.89. The number of amides is 1. The monoisotopic (exact) mass is 451 g/mol. The minimum absolute atomic E-state index is 0.106. The molecule has 1 aliphatic rings. The molecule has 34 heavy (non-hydrogen) atoms. The van der Waals surface area contributed by atoms with Crippen molar-refractivity contribution in [3.63, 3.8) is 0 Å². The van der Waals surface area contributed by atoms with Gasteiger partial charge in [0.25, 0.3) is 11.5 Å². The molecule has 2 N–H and O–H groups in total. The van der Waals surface area contributed by atoms with Crippen LogP contribution in [0.25, 0.3) is 11.0 Å². The molecule has 3 aromatic heterocycles. The molecule has 0 aliphatic heterocycles. The van der Waals surface area contributed by atoms with Crippen molar-refractivity contribution in [1.82, 2.24) is 19.5 Å². The van der Waals surface area contributed by atoms with Crippen LogP contribution in [-0.2, 0) is 6.54 Å². The van der Waals surface area contributed by atoms with Gasteiger partial charge in [-0.25, -0.2) is 14.8 Å². The molecular formula is C26H21N5O3. The maximum absolute atomic E-state index is 13.3. The van der Waals surface area contributed by atoms with Crippen LogP contribution < -0.4 is 16.6 Å². The van der Waals surface area contributed by atoms with Crippen LogP contribution in [0.4, 0.5) is 5.69 Å². The lowest BCUT2D eigenvalue weighted by atomic mass is 10.1. The van der Waals surface area contributed by atoms with Gasteiger partial charge in [-0.3, -0.25) is 19.1 Å². The Morgan fingerprint density at radius 1 is 1.15 bits per heavy atom. The lowest BCUT2D eigenvalue weighted by Gasteiger charge is -2.12. The van der Waals surface area contributed by atoms with E-state index >= 15 is 0 Å². The van der Waals surface area contributed by atoms with Gasteiger partial charge in [0.15, 0.2) is 5.65 Å². The molecule has 0 atom stereocenters. The highest BCUT2D eigenvalue weighted by Gasteiger charge is 2.28. The number of hydrogen-bond acceptors (Lipinski definition) is 5. The third-order valence-corrected chi connectivity index (χ3v) is 5.65. The SMILES string of the molecule is CCn1c(=O)[nH]c(=O)c2c(C(=O)Nc3cccc(C#Cc4ccccn4)c3)cc(C3CC3)nc21. The van der Waals surface area contributed by atoms with Crippen LogP contribution in [0.5, 0.6) is 0 Å². The van der Waals surface area contributed by atoms with E-state index in [9.17, 15) is 14.4 Å². The van der Waals surface area contributed by atoms with E-state index < -0.39 is 17.2 Å². The van der Waals surface area contributed by atoms with E-state index in [-0.39, 0.29) is 22.5 Å². The second-order valence-electron chi connectivity index (χ2n) is 8.07. The number of carbonyl (C=O) groups excluding carboxylic acids is 1. The molecule has 1 fully saturated rings. The average molecular weight is 451 g/mol. The van der Waals surface area contributed by atoms with Crippen LogP contribution in [0, 0.1) is 11.8 Å². The molecule has 168 valence electrons. The van der Waals surface area contributed by atoms with Crippen molar-refractivity contribution >= 4 is 22.6 Å². The number of H-pyrrole nitrogens is 1. The number of aryl methyl sites for hydroxylation is 1. The molecule has 5 rings (SSSR count). The number of anilines is 1. The number of benzene rings is 1. The first kappa shape index (κ1) is 21.3. The average Bonchev–Trinajstić information content (AvgIpc) is 3.69. The highest BCUT2D eigenvalue weighted by Crippen LogP contribution is 2.40. The third-order valence-electron chi connectivity index (χ3n) is 5.65. The van der Waals surface area contributed by atoms with Crippen LogP contribution in [0.1, 0.15) is 53.0 Å². The highest BCUT2D eigenvalue weighted by atomic mass is 16.2. The second kappa shape index (κ2) is 8.79. The Kier molecular flexibility index (Phi) is 5.52. The summed E-state index contributed by atoms with van der Waals surface area (Å²) in [7, 11) is 0. The van der Waals surface area contributed by atoms with Crippen molar-refractivity contribution in [1.29, 1.82) is 0 Å². The summed E-state index contributed by atoms with van der Waals surface area (Å²) in [5, 5.41) is 2.97. The fourth-order valence-electron chi connectivity index (χ4n) is 3.80. The number of carbonyl (C=O) groups is 1. The summed E-state index contributed by atoms with van der Waals surface area (Å²) in [4.78, 5) is 49.4. The Labute approximate surface area is 194 Å². The Bertz CT molecular complexity index is 1590. The molecular weight excluding hydrogens is 430 g/mol. The zero-order chi connectivity index (χ0) is 23.7. The van der Waals surface area contributed by atoms with Crippen LogP contribution in [0.3, 0.4) is 0 Å². The molecule has 1 aliphatic carbocycles. The molecule has 8 heteroatoms. The predicted molar refractivity (Wildman–Crippen MR) is 129 cm³/mol. The van der Waals surface area contributed by atoms with Crippen molar-refractivity contribution in [3.05, 3.63) is 98.1 Å². The van der Waals surface area contributed by atoms with E-state index in [0.29, 0.717) is 23.5 Å². The quantitative estimate of drug-likeness (QED) is 0.464. The smallest absolute Gasteiger partial charge is 0.322 e. The minimum Gasteiger partial charge on any atom is -0.322 e. The number of nitrogens with one attached hydrogen (secondary N) is 2. The predicted octanol–water partition coefficient (Wildman–Crippen LogP) is 3.03. The summed E-state index contributed by atoms with van der Waals surface area (Å²) in [6.07, 6.45) is 3.61. The fourth-order valence-corrected chi connectivity index (χ4v) is 3.80. The normalized spacial score (nSPS) is 12.7. The number of fused-ring (bicyclic) bond motifs is 1. The molecule has 4 aromatic rings. The summed E-state index contributed by atoms with van der Waals surface area (Å²) in [5.74, 6) is 5.82. The lowest BCUT2D eigenvalue weighted by molar-refractivity contribution is 0.102. The largest absolute Gasteiger partial charge is 0.329 e. The number of aromatic amines is 1. The first-order valence-corrected chi connectivity index (χ1v) is 11.1. The Hall–Kier alpha value is -4.51. The van der Waals surface area contributed by atoms with Gasteiger partial charge in [0, 0.05) is 35.6 Å². The molecule has 0 spiro atoms. The second-order valence-corrected chi connectivity index (χ2v) is 8.07. The molecule has 0 radical (unpaired) electrons. The van der Waals surface area contributed by atoms with E-state index in [1.807, 2.05) is 24.3 Å². The third kappa shape index (κ3) is 4.24. The maximum Gasteiger partial charge on any atom is 0.329 e. The zero-order valence-corrected chi connectivity index (χ0v) is 18.5. The Morgan fingerprint density at radius 3 is 2.74 bits per heavy atom.